The maximum absolute atomic E-state index is 12.9. The standard InChI is InChI=1S/C13H8ClFO2S/c14-9-3-1-2-8(6-9)12-5-4-10(18-12)7-11(15)13(16)17/h1-7H,(H,16,17). The van der Waals surface area contributed by atoms with E-state index in [0.29, 0.717) is 9.90 Å². The van der Waals surface area contributed by atoms with Crippen LogP contribution in [-0.4, -0.2) is 11.1 Å². The van der Waals surface area contributed by atoms with E-state index >= 15 is 0 Å². The van der Waals surface area contributed by atoms with E-state index < -0.39 is 11.8 Å². The van der Waals surface area contributed by atoms with Crippen LogP contribution in [0, 0.1) is 0 Å². The van der Waals surface area contributed by atoms with Crippen LogP contribution in [0.5, 0.6) is 0 Å². The highest BCUT2D eigenvalue weighted by molar-refractivity contribution is 7.16. The first-order valence-corrected chi connectivity index (χ1v) is 6.22. The van der Waals surface area contributed by atoms with Crippen LogP contribution in [0.4, 0.5) is 4.39 Å². The molecule has 1 aromatic heterocycles. The summed E-state index contributed by atoms with van der Waals surface area (Å²) in [5, 5.41) is 9.07. The molecule has 1 N–H and O–H groups in total. The molecule has 0 radical (unpaired) electrons. The molecule has 0 bridgehead atoms. The minimum Gasteiger partial charge on any atom is -0.476 e. The number of halogens is 2. The molecule has 2 nitrogen and oxygen atoms in total. The fourth-order valence-electron chi connectivity index (χ4n) is 1.41. The van der Waals surface area contributed by atoms with Gasteiger partial charge in [0.05, 0.1) is 0 Å². The minimum atomic E-state index is -1.56. The van der Waals surface area contributed by atoms with Gasteiger partial charge in [-0.1, -0.05) is 23.7 Å². The number of hydrogen-bond acceptors (Lipinski definition) is 2. The fourth-order valence-corrected chi connectivity index (χ4v) is 2.54. The second kappa shape index (κ2) is 5.33. The van der Waals surface area contributed by atoms with Gasteiger partial charge in [0.25, 0.3) is 0 Å². The molecule has 1 aromatic carbocycles. The Morgan fingerprint density at radius 3 is 2.78 bits per heavy atom. The topological polar surface area (TPSA) is 37.3 Å². The summed E-state index contributed by atoms with van der Waals surface area (Å²) in [7, 11) is 0. The second-order valence-electron chi connectivity index (χ2n) is 3.51. The van der Waals surface area contributed by atoms with Gasteiger partial charge in [-0.15, -0.1) is 11.3 Å². The van der Waals surface area contributed by atoms with Gasteiger partial charge in [-0.3, -0.25) is 0 Å². The zero-order valence-electron chi connectivity index (χ0n) is 9.06. The van der Waals surface area contributed by atoms with Crippen molar-refractivity contribution in [3.8, 4) is 10.4 Å². The van der Waals surface area contributed by atoms with Crippen molar-refractivity contribution in [3.63, 3.8) is 0 Å². The molecule has 0 fully saturated rings. The van der Waals surface area contributed by atoms with Gasteiger partial charge in [0.1, 0.15) is 0 Å². The lowest BCUT2D eigenvalue weighted by Gasteiger charge is -1.96. The van der Waals surface area contributed by atoms with E-state index in [1.54, 1.807) is 24.3 Å². The first-order chi connectivity index (χ1) is 8.56. The zero-order chi connectivity index (χ0) is 13.1. The van der Waals surface area contributed by atoms with Gasteiger partial charge in [0, 0.05) is 14.8 Å². The number of carboxylic acid groups (broad SMARTS) is 1. The predicted octanol–water partition coefficient (Wildman–Crippen LogP) is 4.46. The van der Waals surface area contributed by atoms with E-state index in [-0.39, 0.29) is 0 Å². The van der Waals surface area contributed by atoms with Crippen LogP contribution in [0.2, 0.25) is 5.02 Å². The summed E-state index contributed by atoms with van der Waals surface area (Å²) >= 11 is 7.18. The van der Waals surface area contributed by atoms with Gasteiger partial charge in [0.2, 0.25) is 5.83 Å². The van der Waals surface area contributed by atoms with Crippen molar-refractivity contribution in [2.75, 3.05) is 0 Å². The Hall–Kier alpha value is -1.65. The van der Waals surface area contributed by atoms with Crippen LogP contribution in [0.3, 0.4) is 0 Å². The summed E-state index contributed by atoms with van der Waals surface area (Å²) in [6, 6.07) is 10.8. The Kier molecular flexibility index (Phi) is 3.79. The Morgan fingerprint density at radius 1 is 1.33 bits per heavy atom. The lowest BCUT2D eigenvalue weighted by atomic mass is 10.2. The molecule has 92 valence electrons. The Balaban J connectivity index is 2.31. The summed E-state index contributed by atoms with van der Waals surface area (Å²) < 4.78 is 12.9. The van der Waals surface area contributed by atoms with E-state index in [4.69, 9.17) is 16.7 Å². The largest absolute Gasteiger partial charge is 0.476 e. The monoisotopic (exact) mass is 282 g/mol. The molecule has 18 heavy (non-hydrogen) atoms. The van der Waals surface area contributed by atoms with Gasteiger partial charge in [-0.05, 0) is 35.9 Å². The summed E-state index contributed by atoms with van der Waals surface area (Å²) in [6.45, 7) is 0. The quantitative estimate of drug-likeness (QED) is 0.844. The normalized spacial score (nSPS) is 11.6. The van der Waals surface area contributed by atoms with Crippen LogP contribution in [0.25, 0.3) is 16.5 Å². The van der Waals surface area contributed by atoms with Crippen LogP contribution >= 0.6 is 22.9 Å². The molecule has 0 atom stereocenters. The van der Waals surface area contributed by atoms with Crippen molar-refractivity contribution in [2.24, 2.45) is 0 Å². The third kappa shape index (κ3) is 2.97. The van der Waals surface area contributed by atoms with Crippen molar-refractivity contribution >= 4 is 35.0 Å². The minimum absolute atomic E-state index is 0.546. The number of benzene rings is 1. The number of carbonyl (C=O) groups is 1. The average Bonchev–Trinajstić information content (AvgIpc) is 2.77. The number of carboxylic acids is 1. The second-order valence-corrected chi connectivity index (χ2v) is 5.06. The molecular weight excluding hydrogens is 275 g/mol. The fraction of sp³-hybridized carbons (Fsp3) is 0. The smallest absolute Gasteiger partial charge is 0.364 e. The predicted molar refractivity (Wildman–Crippen MR) is 71.5 cm³/mol. The maximum Gasteiger partial charge on any atom is 0.364 e. The molecule has 0 spiro atoms. The molecular formula is C13H8ClFO2S. The molecule has 2 rings (SSSR count). The van der Waals surface area contributed by atoms with Gasteiger partial charge in [0.15, 0.2) is 0 Å². The Labute approximate surface area is 112 Å². The van der Waals surface area contributed by atoms with Crippen LogP contribution in [-0.2, 0) is 4.79 Å². The lowest BCUT2D eigenvalue weighted by molar-refractivity contribution is -0.134. The highest BCUT2D eigenvalue weighted by Crippen LogP contribution is 2.30. The van der Waals surface area contributed by atoms with E-state index in [1.807, 2.05) is 12.1 Å². The summed E-state index contributed by atoms with van der Waals surface area (Å²) in [4.78, 5) is 11.8. The number of rotatable bonds is 3. The third-order valence-corrected chi connectivity index (χ3v) is 3.53. The molecule has 0 aliphatic heterocycles. The van der Waals surface area contributed by atoms with Crippen molar-refractivity contribution in [2.45, 2.75) is 0 Å². The molecule has 2 aromatic rings. The van der Waals surface area contributed by atoms with E-state index in [9.17, 15) is 9.18 Å². The van der Waals surface area contributed by atoms with Crippen LogP contribution in [0.1, 0.15) is 4.88 Å². The van der Waals surface area contributed by atoms with Crippen molar-refractivity contribution in [1.82, 2.24) is 0 Å². The molecule has 0 aliphatic carbocycles. The Morgan fingerprint density at radius 2 is 2.11 bits per heavy atom. The van der Waals surface area contributed by atoms with Gasteiger partial charge in [-0.25, -0.2) is 4.79 Å². The summed E-state index contributed by atoms with van der Waals surface area (Å²) in [5.41, 5.74) is 0.919. The number of hydrogen-bond donors (Lipinski definition) is 1. The highest BCUT2D eigenvalue weighted by atomic mass is 35.5. The number of aliphatic carboxylic acids is 1. The van der Waals surface area contributed by atoms with Crippen LogP contribution < -0.4 is 0 Å². The summed E-state index contributed by atoms with van der Waals surface area (Å²) in [6.07, 6.45) is 1.00. The SMILES string of the molecule is O=C(O)C(F)=Cc1ccc(-c2cccc(Cl)c2)s1. The van der Waals surface area contributed by atoms with Crippen molar-refractivity contribution in [1.29, 1.82) is 0 Å². The van der Waals surface area contributed by atoms with E-state index in [0.717, 1.165) is 16.5 Å². The molecule has 0 unspecified atom stereocenters. The first-order valence-electron chi connectivity index (χ1n) is 5.02. The van der Waals surface area contributed by atoms with Crippen molar-refractivity contribution < 1.29 is 14.3 Å². The molecule has 0 amide bonds. The van der Waals surface area contributed by atoms with E-state index in [2.05, 4.69) is 0 Å². The van der Waals surface area contributed by atoms with Crippen molar-refractivity contribution in [3.05, 3.63) is 52.1 Å². The summed E-state index contributed by atoms with van der Waals surface area (Å²) in [5.74, 6) is -2.73. The average molecular weight is 283 g/mol. The molecule has 0 saturated carbocycles. The molecule has 0 saturated heterocycles. The molecule has 5 heteroatoms. The first kappa shape index (κ1) is 12.8. The maximum atomic E-state index is 12.9. The Bertz CT molecular complexity index is 619. The molecule has 1 heterocycles. The van der Waals surface area contributed by atoms with Gasteiger partial charge in [-0.2, -0.15) is 4.39 Å². The third-order valence-electron chi connectivity index (χ3n) is 2.21. The van der Waals surface area contributed by atoms with Crippen LogP contribution in [0.15, 0.2) is 42.2 Å². The van der Waals surface area contributed by atoms with Gasteiger partial charge >= 0.3 is 5.97 Å². The zero-order valence-corrected chi connectivity index (χ0v) is 10.6. The lowest BCUT2D eigenvalue weighted by Crippen LogP contribution is -1.93. The van der Waals surface area contributed by atoms with Gasteiger partial charge < -0.3 is 5.11 Å². The number of thiophene rings is 1. The molecule has 0 aliphatic rings. The van der Waals surface area contributed by atoms with E-state index in [1.165, 1.54) is 11.3 Å². The highest BCUT2D eigenvalue weighted by Gasteiger charge is 2.07.